The number of halogens is 2. The van der Waals surface area contributed by atoms with Crippen molar-refractivity contribution >= 4 is 41.5 Å². The van der Waals surface area contributed by atoms with Gasteiger partial charge in [-0.05, 0) is 18.3 Å². The highest BCUT2D eigenvalue weighted by Crippen LogP contribution is 2.66. The van der Waals surface area contributed by atoms with Crippen LogP contribution in [0.2, 0.25) is 0 Å². The van der Waals surface area contributed by atoms with Crippen molar-refractivity contribution in [2.24, 2.45) is 0 Å². The maximum Gasteiger partial charge on any atom is 0.490 e. The fourth-order valence-electron chi connectivity index (χ4n) is 2.46. The Bertz CT molecular complexity index is 1020. The highest BCUT2D eigenvalue weighted by atomic mass is 32.1. The summed E-state index contributed by atoms with van der Waals surface area (Å²) in [5.41, 5.74) is 2.58. The second-order valence-corrected chi connectivity index (χ2v) is 10.8. The van der Waals surface area contributed by atoms with Crippen molar-refractivity contribution in [1.29, 1.82) is 0 Å². The molecule has 6 atom stereocenters. The number of nitrogens with two attached hydrogens (primary N) is 1. The summed E-state index contributed by atoms with van der Waals surface area (Å²) in [6.45, 7) is -2.95. The minimum Gasteiger partial charge on any atom is -0.384 e. The summed E-state index contributed by atoms with van der Waals surface area (Å²) in [5.74, 6) is -0.0379. The molecular formula is C10H16F2N3O12P3S. The van der Waals surface area contributed by atoms with Gasteiger partial charge < -0.3 is 35.2 Å². The minimum absolute atomic E-state index is 0.0379. The van der Waals surface area contributed by atoms with E-state index in [4.69, 9.17) is 37.4 Å². The standard InChI is InChI=1S/C10H16F2N3O12P3S/c11-4-10(16)7(12)5(25-8(10)15-2-1-6(13)14-9(15)31)3-24-29(20,21)27-30(22,23)26-28(17,18)19/h1-2,5,7-8,16H,3-4H2,(H,20,21)(H,22,23)(H2,13,14,31)(H2,17,18,19)/t5-,7?,8-,10-/m1/s1. The molecule has 0 saturated carbocycles. The highest BCUT2D eigenvalue weighted by Gasteiger charge is 2.58. The Kier molecular flexibility index (Phi) is 7.94. The van der Waals surface area contributed by atoms with Crippen LogP contribution in [0.5, 0.6) is 0 Å². The molecule has 1 aliphatic rings. The van der Waals surface area contributed by atoms with Gasteiger partial charge in [-0.1, -0.05) is 0 Å². The average molecular weight is 533 g/mol. The van der Waals surface area contributed by atoms with Gasteiger partial charge >= 0.3 is 23.5 Å². The number of phosphoric ester groups is 1. The van der Waals surface area contributed by atoms with Crippen LogP contribution in [-0.2, 0) is 31.6 Å². The highest BCUT2D eigenvalue weighted by molar-refractivity contribution is 7.71. The molecule has 0 aliphatic carbocycles. The number of anilines is 1. The van der Waals surface area contributed by atoms with Crippen molar-refractivity contribution in [3.8, 4) is 0 Å². The number of hydrogen-bond acceptors (Lipinski definition) is 11. The lowest BCUT2D eigenvalue weighted by Crippen LogP contribution is -2.47. The monoisotopic (exact) mass is 533 g/mol. The lowest BCUT2D eigenvalue weighted by Gasteiger charge is -2.28. The number of nitrogen functional groups attached to an aromatic ring is 1. The second-order valence-electron chi connectivity index (χ2n) is 5.98. The van der Waals surface area contributed by atoms with Crippen molar-refractivity contribution in [3.05, 3.63) is 17.0 Å². The summed E-state index contributed by atoms with van der Waals surface area (Å²) in [6.07, 6.45) is -5.21. The van der Waals surface area contributed by atoms with Gasteiger partial charge in [-0.25, -0.2) is 27.5 Å². The Morgan fingerprint density at radius 3 is 2.39 bits per heavy atom. The molecule has 3 unspecified atom stereocenters. The van der Waals surface area contributed by atoms with E-state index in [1.165, 1.54) is 6.07 Å². The molecule has 0 bridgehead atoms. The first-order valence-corrected chi connectivity index (χ1v) is 12.6. The Balaban J connectivity index is 2.17. The molecule has 0 aromatic carbocycles. The first-order valence-electron chi connectivity index (χ1n) is 7.70. The van der Waals surface area contributed by atoms with E-state index >= 15 is 0 Å². The fraction of sp³-hybridized carbons (Fsp3) is 0.600. The normalized spacial score (nSPS) is 30.6. The Hall–Kier alpha value is -0.710. The molecule has 1 aromatic heterocycles. The molecule has 31 heavy (non-hydrogen) atoms. The quantitative estimate of drug-likeness (QED) is 0.187. The zero-order chi connectivity index (χ0) is 23.8. The van der Waals surface area contributed by atoms with Gasteiger partial charge in [0.1, 0.15) is 18.6 Å². The van der Waals surface area contributed by atoms with Gasteiger partial charge in [0.05, 0.1) is 6.61 Å². The van der Waals surface area contributed by atoms with E-state index in [9.17, 15) is 32.5 Å². The Morgan fingerprint density at radius 1 is 1.26 bits per heavy atom. The van der Waals surface area contributed by atoms with Crippen LogP contribution in [0.3, 0.4) is 0 Å². The van der Waals surface area contributed by atoms with Crippen LogP contribution in [0.4, 0.5) is 14.6 Å². The number of aliphatic hydroxyl groups is 1. The van der Waals surface area contributed by atoms with Crippen molar-refractivity contribution in [3.63, 3.8) is 0 Å². The zero-order valence-corrected chi connectivity index (χ0v) is 18.4. The largest absolute Gasteiger partial charge is 0.490 e. The van der Waals surface area contributed by atoms with Crippen LogP contribution in [-0.4, -0.2) is 65.4 Å². The van der Waals surface area contributed by atoms with Crippen molar-refractivity contribution < 1.29 is 65.0 Å². The van der Waals surface area contributed by atoms with Crippen molar-refractivity contribution in [2.75, 3.05) is 19.0 Å². The van der Waals surface area contributed by atoms with Gasteiger partial charge in [-0.3, -0.25) is 9.09 Å². The van der Waals surface area contributed by atoms with E-state index in [-0.39, 0.29) is 10.6 Å². The molecule has 1 aliphatic heterocycles. The lowest BCUT2D eigenvalue weighted by molar-refractivity contribution is -0.112. The van der Waals surface area contributed by atoms with Gasteiger partial charge in [0.2, 0.25) is 4.77 Å². The summed E-state index contributed by atoms with van der Waals surface area (Å²) in [5, 5.41) is 10.4. The number of phosphoric acid groups is 3. The van der Waals surface area contributed by atoms with E-state index in [0.29, 0.717) is 0 Å². The van der Waals surface area contributed by atoms with E-state index in [2.05, 4.69) is 18.1 Å². The first kappa shape index (κ1) is 26.5. The van der Waals surface area contributed by atoms with E-state index in [1.54, 1.807) is 0 Å². The third-order valence-corrected chi connectivity index (χ3v) is 7.78. The molecule has 2 heterocycles. The number of aromatic nitrogens is 2. The van der Waals surface area contributed by atoms with Crippen LogP contribution in [0.1, 0.15) is 6.23 Å². The molecule has 1 saturated heterocycles. The molecule has 1 fully saturated rings. The van der Waals surface area contributed by atoms with Crippen molar-refractivity contribution in [2.45, 2.75) is 24.1 Å². The summed E-state index contributed by atoms with van der Waals surface area (Å²) in [6, 6.07) is 1.18. The first-order chi connectivity index (χ1) is 14.0. The van der Waals surface area contributed by atoms with E-state index in [1.807, 2.05) is 0 Å². The van der Waals surface area contributed by atoms with Crippen LogP contribution in [0.15, 0.2) is 12.3 Å². The predicted octanol–water partition coefficient (Wildman–Crippen LogP) is 0.474. The molecule has 0 radical (unpaired) electrons. The summed E-state index contributed by atoms with van der Waals surface area (Å²) < 4.78 is 78.7. The minimum atomic E-state index is -5.80. The topological polar surface area (TPSA) is 233 Å². The molecule has 178 valence electrons. The molecule has 2 rings (SSSR count). The summed E-state index contributed by atoms with van der Waals surface area (Å²) >= 11 is 4.89. The summed E-state index contributed by atoms with van der Waals surface area (Å²) in [4.78, 5) is 39.1. The molecular weight excluding hydrogens is 517 g/mol. The molecule has 15 nitrogen and oxygen atoms in total. The number of alkyl halides is 2. The number of rotatable bonds is 9. The SMILES string of the molecule is Nc1ccn([C@@H]2O[C@H](COP(=O)(O)OP(=O)(O)OP(=O)(O)O)C(F)[C@]2(O)CF)c(=S)n1. The van der Waals surface area contributed by atoms with Gasteiger partial charge in [-0.15, -0.1) is 0 Å². The zero-order valence-electron chi connectivity index (χ0n) is 14.9. The molecule has 0 amide bonds. The van der Waals surface area contributed by atoms with Gasteiger partial charge in [-0.2, -0.15) is 8.62 Å². The molecule has 1 aromatic rings. The summed E-state index contributed by atoms with van der Waals surface area (Å²) in [7, 11) is -17.0. The molecule has 0 spiro atoms. The Morgan fingerprint density at radius 2 is 1.87 bits per heavy atom. The maximum absolute atomic E-state index is 14.7. The van der Waals surface area contributed by atoms with Gasteiger partial charge in [0.25, 0.3) is 0 Å². The molecule has 21 heteroatoms. The van der Waals surface area contributed by atoms with Gasteiger partial charge in [0.15, 0.2) is 18.0 Å². The van der Waals surface area contributed by atoms with Crippen LogP contribution < -0.4 is 5.73 Å². The fourth-order valence-corrected chi connectivity index (χ4v) is 5.75. The third kappa shape index (κ3) is 6.65. The number of nitrogens with zero attached hydrogens (tertiary/aromatic N) is 2. The smallest absolute Gasteiger partial charge is 0.384 e. The van der Waals surface area contributed by atoms with E-state index in [0.717, 1.165) is 10.8 Å². The molecule has 7 N–H and O–H groups in total. The van der Waals surface area contributed by atoms with Crippen LogP contribution >= 0.6 is 35.7 Å². The lowest BCUT2D eigenvalue weighted by atomic mass is 9.97. The van der Waals surface area contributed by atoms with Crippen LogP contribution in [0, 0.1) is 4.77 Å². The second kappa shape index (κ2) is 9.27. The maximum atomic E-state index is 14.7. The predicted molar refractivity (Wildman–Crippen MR) is 97.0 cm³/mol. The third-order valence-electron chi connectivity index (χ3n) is 3.67. The van der Waals surface area contributed by atoms with E-state index < -0.39 is 60.9 Å². The number of ether oxygens (including phenoxy) is 1. The average Bonchev–Trinajstić information content (AvgIpc) is 2.82. The Labute approximate surface area is 176 Å². The van der Waals surface area contributed by atoms with Crippen LogP contribution in [0.25, 0.3) is 0 Å². The number of hydrogen-bond donors (Lipinski definition) is 6. The van der Waals surface area contributed by atoms with Gasteiger partial charge in [0, 0.05) is 6.20 Å². The van der Waals surface area contributed by atoms with Crippen molar-refractivity contribution in [1.82, 2.24) is 9.55 Å².